The maximum Gasteiger partial charge on any atom is 0.128 e. The van der Waals surface area contributed by atoms with Crippen LogP contribution >= 0.6 is 11.3 Å². The van der Waals surface area contributed by atoms with Gasteiger partial charge in [0.2, 0.25) is 0 Å². The number of nitrogens with zero attached hydrogens (tertiary/aromatic N) is 2. The van der Waals surface area contributed by atoms with E-state index in [-0.39, 0.29) is 6.04 Å². The Kier molecular flexibility index (Phi) is 3.17. The Hall–Kier alpha value is -1.46. The minimum atomic E-state index is -0.143. The second kappa shape index (κ2) is 4.59. The molecular weight excluding hydrogens is 220 g/mol. The van der Waals surface area contributed by atoms with Gasteiger partial charge in [0.15, 0.2) is 0 Å². The normalized spacial score (nSPS) is 12.6. The number of thiazole rings is 1. The van der Waals surface area contributed by atoms with Gasteiger partial charge in [-0.15, -0.1) is 11.3 Å². The first kappa shape index (κ1) is 11.0. The highest BCUT2D eigenvalue weighted by Gasteiger charge is 2.12. The molecule has 1 atom stereocenters. The van der Waals surface area contributed by atoms with Gasteiger partial charge in [0, 0.05) is 29.6 Å². The molecule has 0 saturated carbocycles. The fourth-order valence-corrected chi connectivity index (χ4v) is 2.21. The molecular formula is C11H14N4S. The Morgan fingerprint density at radius 1 is 1.50 bits per heavy atom. The van der Waals surface area contributed by atoms with Crippen molar-refractivity contribution in [2.24, 2.45) is 5.73 Å². The second-order valence-electron chi connectivity index (χ2n) is 3.65. The van der Waals surface area contributed by atoms with E-state index in [0.717, 1.165) is 16.3 Å². The standard InChI is InChI=1S/C11H14N4S/c1-7-15-8(6-16-7)5-10(12)9-3-2-4-14-11(9)13/h2-4,6,10H,5,12H2,1H3,(H2,13,14). The number of hydrogen-bond acceptors (Lipinski definition) is 5. The van der Waals surface area contributed by atoms with Crippen LogP contribution < -0.4 is 11.5 Å². The topological polar surface area (TPSA) is 77.8 Å². The molecule has 16 heavy (non-hydrogen) atoms. The minimum absolute atomic E-state index is 0.143. The van der Waals surface area contributed by atoms with Crippen LogP contribution in [0.4, 0.5) is 5.82 Å². The van der Waals surface area contributed by atoms with Crippen molar-refractivity contribution >= 4 is 17.2 Å². The van der Waals surface area contributed by atoms with E-state index in [9.17, 15) is 0 Å². The summed E-state index contributed by atoms with van der Waals surface area (Å²) in [7, 11) is 0. The highest BCUT2D eigenvalue weighted by Crippen LogP contribution is 2.20. The van der Waals surface area contributed by atoms with E-state index in [0.29, 0.717) is 12.2 Å². The molecule has 2 aromatic heterocycles. The van der Waals surface area contributed by atoms with Crippen LogP contribution in [0.25, 0.3) is 0 Å². The Labute approximate surface area is 98.3 Å². The van der Waals surface area contributed by atoms with E-state index in [1.165, 1.54) is 0 Å². The fourth-order valence-electron chi connectivity index (χ4n) is 1.58. The average molecular weight is 234 g/mol. The average Bonchev–Trinajstić information content (AvgIpc) is 2.64. The summed E-state index contributed by atoms with van der Waals surface area (Å²) in [5, 5.41) is 3.09. The van der Waals surface area contributed by atoms with Crippen LogP contribution in [0, 0.1) is 6.92 Å². The van der Waals surface area contributed by atoms with Crippen LogP contribution in [0.5, 0.6) is 0 Å². The number of hydrogen-bond donors (Lipinski definition) is 2. The zero-order valence-electron chi connectivity index (χ0n) is 9.05. The Balaban J connectivity index is 2.14. The maximum atomic E-state index is 6.08. The van der Waals surface area contributed by atoms with E-state index < -0.39 is 0 Å². The molecule has 1 unspecified atom stereocenters. The third-order valence-corrected chi connectivity index (χ3v) is 3.19. The molecule has 0 aliphatic rings. The molecule has 4 N–H and O–H groups in total. The van der Waals surface area contributed by atoms with Crippen molar-refractivity contribution < 1.29 is 0 Å². The Morgan fingerprint density at radius 3 is 2.94 bits per heavy atom. The third-order valence-electron chi connectivity index (χ3n) is 2.37. The summed E-state index contributed by atoms with van der Waals surface area (Å²) in [6.45, 7) is 1.98. The predicted molar refractivity (Wildman–Crippen MR) is 66.1 cm³/mol. The number of aromatic nitrogens is 2. The smallest absolute Gasteiger partial charge is 0.128 e. The van der Waals surface area contributed by atoms with Crippen molar-refractivity contribution in [3.63, 3.8) is 0 Å². The quantitative estimate of drug-likeness (QED) is 0.846. The number of aryl methyl sites for hydroxylation is 1. The fraction of sp³-hybridized carbons (Fsp3) is 0.273. The first-order valence-corrected chi connectivity index (χ1v) is 5.92. The van der Waals surface area contributed by atoms with Gasteiger partial charge in [-0.1, -0.05) is 6.07 Å². The van der Waals surface area contributed by atoms with Gasteiger partial charge in [0.1, 0.15) is 5.82 Å². The molecule has 0 aromatic carbocycles. The van der Waals surface area contributed by atoms with Crippen LogP contribution in [-0.4, -0.2) is 9.97 Å². The largest absolute Gasteiger partial charge is 0.383 e. The summed E-state index contributed by atoms with van der Waals surface area (Å²) >= 11 is 1.63. The molecule has 4 nitrogen and oxygen atoms in total. The van der Waals surface area contributed by atoms with Gasteiger partial charge in [-0.3, -0.25) is 0 Å². The molecule has 2 rings (SSSR count). The van der Waals surface area contributed by atoms with Crippen LogP contribution in [0.2, 0.25) is 0 Å². The van der Waals surface area contributed by atoms with Gasteiger partial charge in [0.25, 0.3) is 0 Å². The predicted octanol–water partition coefficient (Wildman–Crippen LogP) is 1.67. The van der Waals surface area contributed by atoms with E-state index in [1.807, 2.05) is 24.4 Å². The summed E-state index contributed by atoms with van der Waals surface area (Å²) in [5.74, 6) is 0.502. The lowest BCUT2D eigenvalue weighted by Gasteiger charge is -2.11. The summed E-state index contributed by atoms with van der Waals surface area (Å²) < 4.78 is 0. The molecule has 5 heteroatoms. The molecule has 84 valence electrons. The van der Waals surface area contributed by atoms with Crippen LogP contribution in [0.3, 0.4) is 0 Å². The number of rotatable bonds is 3. The lowest BCUT2D eigenvalue weighted by Crippen LogP contribution is -2.16. The van der Waals surface area contributed by atoms with Gasteiger partial charge in [-0.05, 0) is 13.0 Å². The summed E-state index contributed by atoms with van der Waals surface area (Å²) in [6, 6.07) is 3.61. The zero-order chi connectivity index (χ0) is 11.5. The molecule has 0 amide bonds. The number of anilines is 1. The number of nitrogen functional groups attached to an aromatic ring is 1. The Morgan fingerprint density at radius 2 is 2.31 bits per heavy atom. The third kappa shape index (κ3) is 2.37. The van der Waals surface area contributed by atoms with Gasteiger partial charge < -0.3 is 11.5 Å². The molecule has 0 bridgehead atoms. The Bertz CT molecular complexity index is 480. The molecule has 0 fully saturated rings. The van der Waals surface area contributed by atoms with Crippen molar-refractivity contribution in [2.75, 3.05) is 5.73 Å². The molecule has 0 aliphatic carbocycles. The number of nitrogens with two attached hydrogens (primary N) is 2. The SMILES string of the molecule is Cc1nc(CC(N)c2cccnc2N)cs1. The molecule has 0 radical (unpaired) electrons. The van der Waals surface area contributed by atoms with E-state index >= 15 is 0 Å². The molecule has 0 saturated heterocycles. The molecule has 2 aromatic rings. The van der Waals surface area contributed by atoms with Crippen molar-refractivity contribution in [2.45, 2.75) is 19.4 Å². The van der Waals surface area contributed by atoms with E-state index in [4.69, 9.17) is 11.5 Å². The van der Waals surface area contributed by atoms with Gasteiger partial charge >= 0.3 is 0 Å². The summed E-state index contributed by atoms with van der Waals surface area (Å²) in [4.78, 5) is 8.41. The number of pyridine rings is 1. The monoisotopic (exact) mass is 234 g/mol. The van der Waals surface area contributed by atoms with E-state index in [1.54, 1.807) is 17.5 Å². The van der Waals surface area contributed by atoms with Crippen LogP contribution in [0.1, 0.15) is 22.3 Å². The lowest BCUT2D eigenvalue weighted by atomic mass is 10.0. The maximum absolute atomic E-state index is 6.08. The van der Waals surface area contributed by atoms with Gasteiger partial charge in [0.05, 0.1) is 10.7 Å². The highest BCUT2D eigenvalue weighted by atomic mass is 32.1. The van der Waals surface area contributed by atoms with Crippen molar-refractivity contribution in [1.82, 2.24) is 9.97 Å². The van der Waals surface area contributed by atoms with Crippen molar-refractivity contribution in [3.8, 4) is 0 Å². The highest BCUT2D eigenvalue weighted by molar-refractivity contribution is 7.09. The molecule has 0 aliphatic heterocycles. The zero-order valence-corrected chi connectivity index (χ0v) is 9.87. The lowest BCUT2D eigenvalue weighted by molar-refractivity contribution is 0.708. The van der Waals surface area contributed by atoms with Gasteiger partial charge in [-0.2, -0.15) is 0 Å². The van der Waals surface area contributed by atoms with E-state index in [2.05, 4.69) is 9.97 Å². The first-order chi connectivity index (χ1) is 7.66. The van der Waals surface area contributed by atoms with Crippen molar-refractivity contribution in [1.29, 1.82) is 0 Å². The first-order valence-electron chi connectivity index (χ1n) is 5.04. The van der Waals surface area contributed by atoms with Crippen molar-refractivity contribution in [3.05, 3.63) is 40.0 Å². The molecule has 0 spiro atoms. The minimum Gasteiger partial charge on any atom is -0.383 e. The summed E-state index contributed by atoms with van der Waals surface area (Å²) in [6.07, 6.45) is 2.36. The van der Waals surface area contributed by atoms with Crippen LogP contribution in [0.15, 0.2) is 23.7 Å². The molecule has 2 heterocycles. The van der Waals surface area contributed by atoms with Gasteiger partial charge in [-0.25, -0.2) is 9.97 Å². The summed E-state index contributed by atoms with van der Waals surface area (Å²) in [5.41, 5.74) is 13.7. The second-order valence-corrected chi connectivity index (χ2v) is 4.71. The van der Waals surface area contributed by atoms with Crippen LogP contribution in [-0.2, 0) is 6.42 Å².